The minimum Gasteiger partial charge on any atom is -0.481 e. The molecule has 2 N–H and O–H groups in total. The zero-order valence-corrected chi connectivity index (χ0v) is 12.0. The Morgan fingerprint density at radius 3 is 2.86 bits per heavy atom. The van der Waals surface area contributed by atoms with Crippen LogP contribution in [-0.2, 0) is 11.8 Å². The topological polar surface area (TPSA) is 92.9 Å². The maximum atomic E-state index is 11.7. The van der Waals surface area contributed by atoms with Crippen molar-refractivity contribution in [2.45, 2.75) is 32.1 Å². The number of hydrogen-bond donors (Lipinski definition) is 2. The summed E-state index contributed by atoms with van der Waals surface area (Å²) in [7, 11) is 1.82. The van der Waals surface area contributed by atoms with Gasteiger partial charge in [0.15, 0.2) is 5.65 Å². The molecule has 1 aliphatic carbocycles. The lowest BCUT2D eigenvalue weighted by Gasteiger charge is -2.33. The van der Waals surface area contributed by atoms with Crippen molar-refractivity contribution in [3.8, 4) is 0 Å². The molecule has 7 heteroatoms. The lowest BCUT2D eigenvalue weighted by Crippen LogP contribution is -2.39. The largest absolute Gasteiger partial charge is 0.481 e. The van der Waals surface area contributed by atoms with Crippen LogP contribution >= 0.6 is 0 Å². The number of anilines is 1. The monoisotopic (exact) mass is 289 g/mol. The normalized spacial score (nSPS) is 17.8. The summed E-state index contributed by atoms with van der Waals surface area (Å²) in [5.41, 5.74) is 0.0538. The van der Waals surface area contributed by atoms with Gasteiger partial charge in [-0.05, 0) is 12.8 Å². The summed E-state index contributed by atoms with van der Waals surface area (Å²) in [6.07, 6.45) is 7.68. The highest BCUT2D eigenvalue weighted by Gasteiger charge is 2.39. The highest BCUT2D eigenvalue weighted by atomic mass is 16.4. The van der Waals surface area contributed by atoms with Crippen LogP contribution in [0.5, 0.6) is 0 Å². The molecule has 2 aromatic heterocycles. The van der Waals surface area contributed by atoms with Crippen LogP contribution < -0.4 is 5.32 Å². The molecular weight excluding hydrogens is 270 g/mol. The van der Waals surface area contributed by atoms with E-state index in [1.807, 2.05) is 7.05 Å². The Morgan fingerprint density at radius 2 is 2.14 bits per heavy atom. The third kappa shape index (κ3) is 2.43. The van der Waals surface area contributed by atoms with Gasteiger partial charge >= 0.3 is 5.97 Å². The Balaban J connectivity index is 1.83. The summed E-state index contributed by atoms with van der Waals surface area (Å²) in [5.74, 6) is -0.0644. The van der Waals surface area contributed by atoms with Crippen LogP contribution in [0.15, 0.2) is 12.5 Å². The van der Waals surface area contributed by atoms with Gasteiger partial charge < -0.3 is 10.4 Å². The second-order valence-corrected chi connectivity index (χ2v) is 5.73. The van der Waals surface area contributed by atoms with Gasteiger partial charge in [0.2, 0.25) is 0 Å². The Labute approximate surface area is 122 Å². The molecule has 1 saturated carbocycles. The van der Waals surface area contributed by atoms with E-state index in [1.165, 1.54) is 6.33 Å². The van der Waals surface area contributed by atoms with E-state index >= 15 is 0 Å². The molecule has 1 aliphatic rings. The maximum absolute atomic E-state index is 11.7. The SMILES string of the molecule is Cn1ncc2c(NCC3(C(=O)O)CCCCC3)ncnc21. The molecule has 0 bridgehead atoms. The van der Waals surface area contributed by atoms with Crippen LogP contribution in [0.1, 0.15) is 32.1 Å². The average molecular weight is 289 g/mol. The second-order valence-electron chi connectivity index (χ2n) is 5.73. The molecule has 2 heterocycles. The van der Waals surface area contributed by atoms with Crippen LogP contribution in [0.2, 0.25) is 0 Å². The van der Waals surface area contributed by atoms with Gasteiger partial charge in [0.1, 0.15) is 12.1 Å². The van der Waals surface area contributed by atoms with Crippen molar-refractivity contribution in [3.63, 3.8) is 0 Å². The second kappa shape index (κ2) is 5.31. The highest BCUT2D eigenvalue weighted by Crippen LogP contribution is 2.37. The van der Waals surface area contributed by atoms with Crippen molar-refractivity contribution >= 4 is 22.8 Å². The lowest BCUT2D eigenvalue weighted by atomic mass is 9.74. The smallest absolute Gasteiger partial charge is 0.311 e. The van der Waals surface area contributed by atoms with Gasteiger partial charge in [-0.15, -0.1) is 0 Å². The summed E-state index contributed by atoms with van der Waals surface area (Å²) in [4.78, 5) is 20.1. The van der Waals surface area contributed by atoms with E-state index in [-0.39, 0.29) is 0 Å². The fourth-order valence-electron chi connectivity index (χ4n) is 3.05. The number of nitrogens with one attached hydrogen (secondary N) is 1. The standard InChI is InChI=1S/C14H19N5O2/c1-19-12-10(7-18-19)11(16-9-17-12)15-8-14(13(20)21)5-3-2-4-6-14/h7,9H,2-6,8H2,1H3,(H,20,21)(H,15,16,17). The molecule has 7 nitrogen and oxygen atoms in total. The fraction of sp³-hybridized carbons (Fsp3) is 0.571. The summed E-state index contributed by atoms with van der Waals surface area (Å²) >= 11 is 0. The quantitative estimate of drug-likeness (QED) is 0.891. The fourth-order valence-corrected chi connectivity index (χ4v) is 3.05. The molecule has 0 amide bonds. The maximum Gasteiger partial charge on any atom is 0.311 e. The predicted molar refractivity (Wildman–Crippen MR) is 77.9 cm³/mol. The number of fused-ring (bicyclic) bond motifs is 1. The zero-order chi connectivity index (χ0) is 14.9. The first kappa shape index (κ1) is 13.8. The van der Waals surface area contributed by atoms with Gasteiger partial charge in [-0.1, -0.05) is 19.3 Å². The molecule has 0 radical (unpaired) electrons. The molecule has 0 unspecified atom stereocenters. The number of carboxylic acid groups (broad SMARTS) is 1. The van der Waals surface area contributed by atoms with E-state index in [9.17, 15) is 9.90 Å². The molecule has 112 valence electrons. The molecular formula is C14H19N5O2. The van der Waals surface area contributed by atoms with Gasteiger partial charge in [-0.2, -0.15) is 5.10 Å². The van der Waals surface area contributed by atoms with Crippen molar-refractivity contribution in [3.05, 3.63) is 12.5 Å². The van der Waals surface area contributed by atoms with Crippen LogP contribution in [0.3, 0.4) is 0 Å². The Morgan fingerprint density at radius 1 is 1.38 bits per heavy atom. The number of rotatable bonds is 4. The number of aromatic nitrogens is 4. The third-order valence-electron chi connectivity index (χ3n) is 4.39. The molecule has 21 heavy (non-hydrogen) atoms. The predicted octanol–water partition coefficient (Wildman–Crippen LogP) is 1.81. The first-order valence-electron chi connectivity index (χ1n) is 7.22. The first-order chi connectivity index (χ1) is 10.1. The number of aliphatic carboxylic acids is 1. The minimum absolute atomic E-state index is 0.392. The molecule has 0 aliphatic heterocycles. The first-order valence-corrected chi connectivity index (χ1v) is 7.22. The molecule has 1 fully saturated rings. The van der Waals surface area contributed by atoms with Gasteiger partial charge in [-0.25, -0.2) is 9.97 Å². The number of hydrogen-bond acceptors (Lipinski definition) is 5. The number of nitrogens with zero attached hydrogens (tertiary/aromatic N) is 4. The van der Waals surface area contributed by atoms with Gasteiger partial charge in [-0.3, -0.25) is 9.48 Å². The van der Waals surface area contributed by atoms with Crippen LogP contribution in [0, 0.1) is 5.41 Å². The summed E-state index contributed by atoms with van der Waals surface area (Å²) in [5, 5.41) is 17.8. The van der Waals surface area contributed by atoms with Gasteiger partial charge in [0.25, 0.3) is 0 Å². The van der Waals surface area contributed by atoms with Crippen molar-refractivity contribution in [2.24, 2.45) is 12.5 Å². The number of aryl methyl sites for hydroxylation is 1. The Bertz CT molecular complexity index is 660. The molecule has 0 atom stereocenters. The lowest BCUT2D eigenvalue weighted by molar-refractivity contribution is -0.150. The van der Waals surface area contributed by atoms with Crippen molar-refractivity contribution in [1.82, 2.24) is 19.7 Å². The molecule has 0 saturated heterocycles. The van der Waals surface area contributed by atoms with Crippen molar-refractivity contribution in [2.75, 3.05) is 11.9 Å². The van der Waals surface area contributed by atoms with E-state index in [2.05, 4.69) is 20.4 Å². The Kier molecular flexibility index (Phi) is 3.48. The minimum atomic E-state index is -0.716. The Hall–Kier alpha value is -2.18. The molecule has 2 aromatic rings. The summed E-state index contributed by atoms with van der Waals surface area (Å²) in [6, 6.07) is 0. The van der Waals surface area contributed by atoms with E-state index < -0.39 is 11.4 Å². The van der Waals surface area contributed by atoms with E-state index in [1.54, 1.807) is 10.9 Å². The summed E-state index contributed by atoms with van der Waals surface area (Å²) in [6.45, 7) is 0.392. The van der Waals surface area contributed by atoms with E-state index in [4.69, 9.17) is 0 Å². The molecule has 0 aromatic carbocycles. The van der Waals surface area contributed by atoms with Gasteiger partial charge in [0, 0.05) is 13.6 Å². The zero-order valence-electron chi connectivity index (χ0n) is 12.0. The van der Waals surface area contributed by atoms with Crippen molar-refractivity contribution < 1.29 is 9.90 Å². The molecule has 3 rings (SSSR count). The van der Waals surface area contributed by atoms with Crippen molar-refractivity contribution in [1.29, 1.82) is 0 Å². The molecule has 0 spiro atoms. The number of carbonyl (C=O) groups is 1. The van der Waals surface area contributed by atoms with Crippen LogP contribution in [-0.4, -0.2) is 37.4 Å². The van der Waals surface area contributed by atoms with Crippen LogP contribution in [0.4, 0.5) is 5.82 Å². The highest BCUT2D eigenvalue weighted by molar-refractivity contribution is 5.86. The van der Waals surface area contributed by atoms with Gasteiger partial charge in [0.05, 0.1) is 17.0 Å². The van der Waals surface area contributed by atoms with E-state index in [0.29, 0.717) is 12.4 Å². The summed E-state index contributed by atoms with van der Waals surface area (Å²) < 4.78 is 1.68. The number of carboxylic acids is 1. The van der Waals surface area contributed by atoms with E-state index in [0.717, 1.165) is 43.1 Å². The third-order valence-corrected chi connectivity index (χ3v) is 4.39. The average Bonchev–Trinajstić information content (AvgIpc) is 2.88. The van der Waals surface area contributed by atoms with Crippen LogP contribution in [0.25, 0.3) is 11.0 Å².